The molecule has 2 aliphatic heterocycles. The predicted molar refractivity (Wildman–Crippen MR) is 111 cm³/mol. The van der Waals surface area contributed by atoms with E-state index in [4.69, 9.17) is 18.9 Å². The highest BCUT2D eigenvalue weighted by Crippen LogP contribution is 2.37. The summed E-state index contributed by atoms with van der Waals surface area (Å²) in [6.45, 7) is 3.16. The topological polar surface area (TPSA) is 86.3 Å². The summed E-state index contributed by atoms with van der Waals surface area (Å²) in [7, 11) is 3.10. The molecule has 2 aromatic carbocycles. The molecule has 4 rings (SSSR count). The molecule has 0 unspecified atom stereocenters. The first-order valence-corrected chi connectivity index (χ1v) is 9.73. The minimum Gasteiger partial charge on any atom is -0.493 e. The lowest BCUT2D eigenvalue weighted by molar-refractivity contribution is -0.122. The maximum absolute atomic E-state index is 12.9. The predicted octanol–water partition coefficient (Wildman–Crippen LogP) is 2.78. The van der Waals surface area contributed by atoms with Gasteiger partial charge in [0, 0.05) is 36.5 Å². The molecule has 0 aliphatic carbocycles. The molecule has 2 aromatic rings. The summed E-state index contributed by atoms with van der Waals surface area (Å²) in [5.41, 5.74) is 2.17. The normalized spacial score (nSPS) is 17.6. The number of methoxy groups -OCH3 is 2. The smallest absolute Gasteiger partial charge is 0.229 e. The van der Waals surface area contributed by atoms with Crippen molar-refractivity contribution in [3.8, 4) is 23.0 Å². The van der Waals surface area contributed by atoms with Gasteiger partial charge in [0.1, 0.15) is 13.2 Å². The SMILES string of the molecule is COc1cc(C)c(NC(=O)[C@@H]2CC(=O)N(c3ccc4c(c3)OCCO4)C2)cc1OC. The van der Waals surface area contributed by atoms with E-state index in [-0.39, 0.29) is 18.2 Å². The van der Waals surface area contributed by atoms with Crippen molar-refractivity contribution < 1.29 is 28.5 Å². The van der Waals surface area contributed by atoms with Crippen LogP contribution in [-0.4, -0.2) is 45.8 Å². The molecule has 2 amide bonds. The van der Waals surface area contributed by atoms with Crippen molar-refractivity contribution in [1.29, 1.82) is 0 Å². The van der Waals surface area contributed by atoms with Crippen molar-refractivity contribution in [1.82, 2.24) is 0 Å². The van der Waals surface area contributed by atoms with Gasteiger partial charge in [-0.15, -0.1) is 0 Å². The third-order valence-corrected chi connectivity index (χ3v) is 5.32. The van der Waals surface area contributed by atoms with Crippen molar-refractivity contribution in [2.45, 2.75) is 13.3 Å². The zero-order chi connectivity index (χ0) is 21.3. The highest BCUT2D eigenvalue weighted by atomic mass is 16.6. The number of aryl methyl sites for hydroxylation is 1. The Hall–Kier alpha value is -3.42. The lowest BCUT2D eigenvalue weighted by atomic mass is 10.1. The van der Waals surface area contributed by atoms with E-state index in [2.05, 4.69) is 5.32 Å². The largest absolute Gasteiger partial charge is 0.493 e. The Bertz CT molecular complexity index is 990. The molecular weight excluding hydrogens is 388 g/mol. The third-order valence-electron chi connectivity index (χ3n) is 5.32. The summed E-state index contributed by atoms with van der Waals surface area (Å²) in [6, 6.07) is 8.91. The van der Waals surface area contributed by atoms with Crippen LogP contribution in [0.15, 0.2) is 30.3 Å². The highest BCUT2D eigenvalue weighted by Gasteiger charge is 2.36. The molecule has 1 atom stereocenters. The van der Waals surface area contributed by atoms with Crippen LogP contribution >= 0.6 is 0 Å². The molecule has 1 saturated heterocycles. The number of rotatable bonds is 5. The number of carbonyl (C=O) groups excluding carboxylic acids is 2. The molecule has 30 heavy (non-hydrogen) atoms. The molecule has 0 bridgehead atoms. The van der Waals surface area contributed by atoms with Crippen molar-refractivity contribution in [2.24, 2.45) is 5.92 Å². The fraction of sp³-hybridized carbons (Fsp3) is 0.364. The van der Waals surface area contributed by atoms with Crippen molar-refractivity contribution in [3.63, 3.8) is 0 Å². The second-order valence-electron chi connectivity index (χ2n) is 7.24. The second-order valence-corrected chi connectivity index (χ2v) is 7.24. The standard InChI is InChI=1S/C22H24N2O6/c1-13-8-18(27-2)19(28-3)11-16(13)23-22(26)14-9-21(25)24(12-14)15-4-5-17-20(10-15)30-7-6-29-17/h4-5,8,10-11,14H,6-7,9,12H2,1-3H3,(H,23,26)/t14-/m1/s1. The number of benzene rings is 2. The lowest BCUT2D eigenvalue weighted by Crippen LogP contribution is -2.28. The zero-order valence-corrected chi connectivity index (χ0v) is 17.2. The number of hydrogen-bond acceptors (Lipinski definition) is 6. The Balaban J connectivity index is 1.48. The molecule has 1 N–H and O–H groups in total. The summed E-state index contributed by atoms with van der Waals surface area (Å²) in [5, 5.41) is 2.92. The van der Waals surface area contributed by atoms with Crippen LogP contribution < -0.4 is 29.2 Å². The number of ether oxygens (including phenoxy) is 4. The Morgan fingerprint density at radius 3 is 2.50 bits per heavy atom. The first-order chi connectivity index (χ1) is 14.5. The summed E-state index contributed by atoms with van der Waals surface area (Å²) in [5.74, 6) is 1.62. The van der Waals surface area contributed by atoms with Crippen LogP contribution in [0, 0.1) is 12.8 Å². The van der Waals surface area contributed by atoms with Crippen LogP contribution in [0.3, 0.4) is 0 Å². The van der Waals surface area contributed by atoms with Gasteiger partial charge in [0.25, 0.3) is 0 Å². The number of fused-ring (bicyclic) bond motifs is 1. The molecule has 8 heteroatoms. The highest BCUT2D eigenvalue weighted by molar-refractivity contribution is 6.04. The first-order valence-electron chi connectivity index (χ1n) is 9.73. The van der Waals surface area contributed by atoms with Gasteiger partial charge < -0.3 is 29.2 Å². The van der Waals surface area contributed by atoms with Crippen molar-refractivity contribution in [3.05, 3.63) is 35.9 Å². The van der Waals surface area contributed by atoms with E-state index in [0.717, 1.165) is 5.56 Å². The quantitative estimate of drug-likeness (QED) is 0.813. The number of hydrogen-bond donors (Lipinski definition) is 1. The van der Waals surface area contributed by atoms with Gasteiger partial charge in [-0.1, -0.05) is 0 Å². The Labute approximate surface area is 174 Å². The first kappa shape index (κ1) is 19.9. The molecular formula is C22H24N2O6. The van der Waals surface area contributed by atoms with Gasteiger partial charge in [-0.05, 0) is 30.7 Å². The van der Waals surface area contributed by atoms with Crippen LogP contribution in [0.1, 0.15) is 12.0 Å². The Kier molecular flexibility index (Phi) is 5.39. The van der Waals surface area contributed by atoms with E-state index in [1.807, 2.05) is 13.0 Å². The summed E-state index contributed by atoms with van der Waals surface area (Å²) in [4.78, 5) is 27.1. The van der Waals surface area contributed by atoms with Gasteiger partial charge in [-0.2, -0.15) is 0 Å². The Morgan fingerprint density at radius 2 is 1.77 bits per heavy atom. The maximum atomic E-state index is 12.9. The average Bonchev–Trinajstić information content (AvgIpc) is 3.16. The fourth-order valence-electron chi connectivity index (χ4n) is 3.68. The van der Waals surface area contributed by atoms with Crippen LogP contribution in [-0.2, 0) is 9.59 Å². The summed E-state index contributed by atoms with van der Waals surface area (Å²) >= 11 is 0. The molecule has 2 heterocycles. The lowest BCUT2D eigenvalue weighted by Gasteiger charge is -2.22. The van der Waals surface area contributed by atoms with Gasteiger partial charge in [0.15, 0.2) is 23.0 Å². The molecule has 0 aromatic heterocycles. The fourth-order valence-corrected chi connectivity index (χ4v) is 3.68. The van der Waals surface area contributed by atoms with Crippen molar-refractivity contribution >= 4 is 23.2 Å². The van der Waals surface area contributed by atoms with Gasteiger partial charge in [-0.3, -0.25) is 9.59 Å². The molecule has 0 spiro atoms. The van der Waals surface area contributed by atoms with E-state index >= 15 is 0 Å². The number of nitrogens with one attached hydrogen (secondary N) is 1. The van der Waals surface area contributed by atoms with Crippen LogP contribution in [0.5, 0.6) is 23.0 Å². The minimum atomic E-state index is -0.460. The van der Waals surface area contributed by atoms with E-state index in [1.54, 1.807) is 43.4 Å². The van der Waals surface area contributed by atoms with Crippen LogP contribution in [0.4, 0.5) is 11.4 Å². The number of amides is 2. The van der Waals surface area contributed by atoms with Gasteiger partial charge in [-0.25, -0.2) is 0 Å². The van der Waals surface area contributed by atoms with Gasteiger partial charge >= 0.3 is 0 Å². The van der Waals surface area contributed by atoms with E-state index < -0.39 is 5.92 Å². The summed E-state index contributed by atoms with van der Waals surface area (Å²) < 4.78 is 21.7. The third kappa shape index (κ3) is 3.72. The summed E-state index contributed by atoms with van der Waals surface area (Å²) in [6.07, 6.45) is 0.145. The molecule has 0 radical (unpaired) electrons. The van der Waals surface area contributed by atoms with Crippen LogP contribution in [0.2, 0.25) is 0 Å². The van der Waals surface area contributed by atoms with E-state index in [9.17, 15) is 9.59 Å². The molecule has 158 valence electrons. The van der Waals surface area contributed by atoms with Crippen LogP contribution in [0.25, 0.3) is 0 Å². The zero-order valence-electron chi connectivity index (χ0n) is 17.2. The van der Waals surface area contributed by atoms with E-state index in [0.29, 0.717) is 54.1 Å². The second kappa shape index (κ2) is 8.14. The van der Waals surface area contributed by atoms with Gasteiger partial charge in [0.05, 0.1) is 20.1 Å². The van der Waals surface area contributed by atoms with E-state index in [1.165, 1.54) is 0 Å². The average molecular weight is 412 g/mol. The molecule has 0 saturated carbocycles. The molecule has 2 aliphatic rings. The van der Waals surface area contributed by atoms with Crippen molar-refractivity contribution in [2.75, 3.05) is 44.2 Å². The number of anilines is 2. The maximum Gasteiger partial charge on any atom is 0.229 e. The number of nitrogens with zero attached hydrogens (tertiary/aromatic N) is 1. The monoisotopic (exact) mass is 412 g/mol. The Morgan fingerprint density at radius 1 is 1.07 bits per heavy atom. The molecule has 1 fully saturated rings. The minimum absolute atomic E-state index is 0.101. The van der Waals surface area contributed by atoms with Gasteiger partial charge in [0.2, 0.25) is 11.8 Å². The number of carbonyl (C=O) groups is 2. The molecule has 8 nitrogen and oxygen atoms in total.